The van der Waals surface area contributed by atoms with Gasteiger partial charge in [-0.3, -0.25) is 4.79 Å². The lowest BCUT2D eigenvalue weighted by Gasteiger charge is -2.07. The van der Waals surface area contributed by atoms with Crippen molar-refractivity contribution in [2.45, 2.75) is 6.54 Å². The fraction of sp³-hybridized carbons (Fsp3) is 0.182. The lowest BCUT2D eigenvalue weighted by Crippen LogP contribution is -2.23. The Bertz CT molecular complexity index is 583. The van der Waals surface area contributed by atoms with Crippen LogP contribution >= 0.6 is 22.6 Å². The predicted octanol–water partition coefficient (Wildman–Crippen LogP) is 1.30. The van der Waals surface area contributed by atoms with Gasteiger partial charge in [-0.15, -0.1) is 0 Å². The zero-order valence-corrected chi connectivity index (χ0v) is 11.3. The van der Waals surface area contributed by atoms with Crippen LogP contribution in [0.3, 0.4) is 0 Å². The van der Waals surface area contributed by atoms with Gasteiger partial charge in [-0.05, 0) is 28.7 Å². The van der Waals surface area contributed by atoms with Crippen LogP contribution in [0, 0.1) is 3.57 Å². The number of rotatable bonds is 3. The molecule has 0 saturated heterocycles. The minimum absolute atomic E-state index is 0.136. The van der Waals surface area contributed by atoms with E-state index in [-0.39, 0.29) is 5.56 Å². The molecule has 88 valence electrons. The summed E-state index contributed by atoms with van der Waals surface area (Å²) in [7, 11) is 1.55. The van der Waals surface area contributed by atoms with Crippen LogP contribution in [0.25, 0.3) is 0 Å². The van der Waals surface area contributed by atoms with E-state index in [9.17, 15) is 4.79 Å². The first-order valence-electron chi connectivity index (χ1n) is 4.91. The van der Waals surface area contributed by atoms with Crippen molar-refractivity contribution in [2.24, 2.45) is 0 Å². The smallest absolute Gasteiger partial charge is 0.268 e. The Hall–Kier alpha value is -1.44. The zero-order chi connectivity index (χ0) is 12.3. The minimum atomic E-state index is -0.136. The van der Waals surface area contributed by atoms with E-state index < -0.39 is 0 Å². The Morgan fingerprint density at radius 3 is 3.06 bits per heavy atom. The molecule has 0 spiro atoms. The predicted molar refractivity (Wildman–Crippen MR) is 71.1 cm³/mol. The van der Waals surface area contributed by atoms with E-state index in [0.717, 1.165) is 9.13 Å². The lowest BCUT2D eigenvalue weighted by molar-refractivity contribution is 0.389. The van der Waals surface area contributed by atoms with Crippen LogP contribution in [-0.4, -0.2) is 21.9 Å². The molecule has 6 heteroatoms. The average Bonchev–Trinajstić information content (AvgIpc) is 2.33. The quantitative estimate of drug-likeness (QED) is 0.789. The third-order valence-electron chi connectivity index (χ3n) is 2.20. The number of hydrogen-bond donors (Lipinski definition) is 0. The Morgan fingerprint density at radius 1 is 1.53 bits per heavy atom. The van der Waals surface area contributed by atoms with Crippen molar-refractivity contribution >= 4 is 22.6 Å². The van der Waals surface area contributed by atoms with Crippen molar-refractivity contribution in [1.29, 1.82) is 0 Å². The SMILES string of the molecule is COc1ncccc1Cn1ncc(I)cc1=O. The lowest BCUT2D eigenvalue weighted by atomic mass is 10.2. The molecule has 2 rings (SSSR count). The van der Waals surface area contributed by atoms with E-state index in [1.165, 1.54) is 10.7 Å². The highest BCUT2D eigenvalue weighted by molar-refractivity contribution is 14.1. The van der Waals surface area contributed by atoms with Gasteiger partial charge in [-0.1, -0.05) is 6.07 Å². The molecular weight excluding hydrogens is 333 g/mol. The molecule has 17 heavy (non-hydrogen) atoms. The van der Waals surface area contributed by atoms with Crippen LogP contribution < -0.4 is 10.3 Å². The first-order valence-corrected chi connectivity index (χ1v) is 5.99. The average molecular weight is 343 g/mol. The van der Waals surface area contributed by atoms with Gasteiger partial charge in [0, 0.05) is 21.4 Å². The van der Waals surface area contributed by atoms with Gasteiger partial charge in [0.25, 0.3) is 5.56 Å². The van der Waals surface area contributed by atoms with Crippen molar-refractivity contribution in [3.8, 4) is 5.88 Å². The highest BCUT2D eigenvalue weighted by atomic mass is 127. The summed E-state index contributed by atoms with van der Waals surface area (Å²) in [4.78, 5) is 15.8. The van der Waals surface area contributed by atoms with Crippen LogP contribution in [0.5, 0.6) is 5.88 Å². The molecule has 2 heterocycles. The molecule has 0 aromatic carbocycles. The molecule has 0 unspecified atom stereocenters. The normalized spacial score (nSPS) is 10.2. The van der Waals surface area contributed by atoms with Crippen LogP contribution in [0.1, 0.15) is 5.56 Å². The fourth-order valence-electron chi connectivity index (χ4n) is 1.42. The van der Waals surface area contributed by atoms with Gasteiger partial charge in [0.1, 0.15) is 0 Å². The summed E-state index contributed by atoms with van der Waals surface area (Å²) in [5.41, 5.74) is 0.689. The van der Waals surface area contributed by atoms with Crippen LogP contribution in [0.15, 0.2) is 35.4 Å². The number of pyridine rings is 1. The Labute approximate surface area is 112 Å². The number of nitrogens with zero attached hydrogens (tertiary/aromatic N) is 3. The van der Waals surface area contributed by atoms with Crippen molar-refractivity contribution < 1.29 is 4.74 Å². The molecule has 0 bridgehead atoms. The van der Waals surface area contributed by atoms with E-state index in [1.54, 1.807) is 25.6 Å². The number of ether oxygens (including phenoxy) is 1. The molecule has 2 aromatic rings. The Balaban J connectivity index is 2.35. The molecule has 0 fully saturated rings. The van der Waals surface area contributed by atoms with Crippen molar-refractivity contribution in [1.82, 2.24) is 14.8 Å². The molecule has 0 aliphatic carbocycles. The largest absolute Gasteiger partial charge is 0.481 e. The topological polar surface area (TPSA) is 57.0 Å². The Morgan fingerprint density at radius 2 is 2.35 bits per heavy atom. The van der Waals surface area contributed by atoms with E-state index >= 15 is 0 Å². The molecule has 0 saturated carbocycles. The summed E-state index contributed by atoms with van der Waals surface area (Å²) >= 11 is 2.05. The molecule has 5 nitrogen and oxygen atoms in total. The van der Waals surface area contributed by atoms with E-state index in [1.807, 2.05) is 6.07 Å². The molecule has 0 aliphatic rings. The summed E-state index contributed by atoms with van der Waals surface area (Å²) in [5, 5.41) is 4.06. The van der Waals surface area contributed by atoms with Gasteiger partial charge in [0.15, 0.2) is 0 Å². The van der Waals surface area contributed by atoms with Crippen molar-refractivity contribution in [3.05, 3.63) is 50.1 Å². The number of aromatic nitrogens is 3. The van der Waals surface area contributed by atoms with Crippen LogP contribution in [-0.2, 0) is 6.54 Å². The number of hydrogen-bond acceptors (Lipinski definition) is 4. The summed E-state index contributed by atoms with van der Waals surface area (Å²) in [6, 6.07) is 5.20. The molecule has 2 aromatic heterocycles. The van der Waals surface area contributed by atoms with Gasteiger partial charge in [-0.2, -0.15) is 5.10 Å². The van der Waals surface area contributed by atoms with Crippen LogP contribution in [0.2, 0.25) is 0 Å². The summed E-state index contributed by atoms with van der Waals surface area (Å²) in [6.45, 7) is 0.354. The second-order valence-electron chi connectivity index (χ2n) is 3.34. The van der Waals surface area contributed by atoms with Crippen LogP contribution in [0.4, 0.5) is 0 Å². The second kappa shape index (κ2) is 5.26. The zero-order valence-electron chi connectivity index (χ0n) is 9.13. The van der Waals surface area contributed by atoms with Crippen molar-refractivity contribution in [2.75, 3.05) is 7.11 Å². The highest BCUT2D eigenvalue weighted by Crippen LogP contribution is 2.13. The van der Waals surface area contributed by atoms with Gasteiger partial charge >= 0.3 is 0 Å². The maximum Gasteiger partial charge on any atom is 0.268 e. The van der Waals surface area contributed by atoms with E-state index in [4.69, 9.17) is 4.74 Å². The summed E-state index contributed by atoms with van der Waals surface area (Å²) in [6.07, 6.45) is 3.29. The third kappa shape index (κ3) is 2.82. The number of methoxy groups -OCH3 is 1. The second-order valence-corrected chi connectivity index (χ2v) is 4.59. The monoisotopic (exact) mass is 343 g/mol. The maximum atomic E-state index is 11.7. The standard InChI is InChI=1S/C11H10IN3O2/c1-17-11-8(3-2-4-13-11)7-15-10(16)5-9(12)6-14-15/h2-6H,7H2,1H3. The summed E-state index contributed by atoms with van der Waals surface area (Å²) in [5.74, 6) is 0.514. The minimum Gasteiger partial charge on any atom is -0.481 e. The van der Waals surface area contributed by atoms with Gasteiger partial charge in [-0.25, -0.2) is 9.67 Å². The first-order chi connectivity index (χ1) is 8.20. The van der Waals surface area contributed by atoms with E-state index in [0.29, 0.717) is 12.4 Å². The molecular formula is C11H10IN3O2. The fourth-order valence-corrected chi connectivity index (χ4v) is 1.81. The van der Waals surface area contributed by atoms with Gasteiger partial charge in [0.2, 0.25) is 5.88 Å². The highest BCUT2D eigenvalue weighted by Gasteiger charge is 2.06. The molecule has 0 aliphatic heterocycles. The third-order valence-corrected chi connectivity index (χ3v) is 2.79. The summed E-state index contributed by atoms with van der Waals surface area (Å²) < 4.78 is 7.32. The molecule has 0 amide bonds. The number of halogens is 1. The molecule has 0 atom stereocenters. The molecule has 0 radical (unpaired) electrons. The Kier molecular flexibility index (Phi) is 3.72. The van der Waals surface area contributed by atoms with Gasteiger partial charge < -0.3 is 4.74 Å². The van der Waals surface area contributed by atoms with Gasteiger partial charge in [0.05, 0.1) is 19.9 Å². The first kappa shape index (κ1) is 12.0. The van der Waals surface area contributed by atoms with E-state index in [2.05, 4.69) is 32.7 Å². The maximum absolute atomic E-state index is 11.7. The molecule has 0 N–H and O–H groups in total. The van der Waals surface area contributed by atoms with Crippen molar-refractivity contribution in [3.63, 3.8) is 0 Å².